The second kappa shape index (κ2) is 8.14. The van der Waals surface area contributed by atoms with Gasteiger partial charge in [0.15, 0.2) is 0 Å². The molecule has 148 valence electrons. The molecule has 0 saturated heterocycles. The Hall–Kier alpha value is -2.67. The highest BCUT2D eigenvalue weighted by atomic mass is 35.5. The number of nitrogens with zero attached hydrogens (tertiary/aromatic N) is 4. The zero-order valence-electron chi connectivity index (χ0n) is 16.3. The van der Waals surface area contributed by atoms with E-state index in [2.05, 4.69) is 15.4 Å². The fraction of sp³-hybridized carbons (Fsp3) is 0.350. The maximum absolute atomic E-state index is 13.3. The van der Waals surface area contributed by atoms with Crippen LogP contribution < -0.4 is 5.32 Å². The van der Waals surface area contributed by atoms with Crippen LogP contribution in [-0.4, -0.2) is 25.2 Å². The lowest BCUT2D eigenvalue weighted by atomic mass is 10.1. The number of hydrogen-bond acceptors (Lipinski definition) is 3. The van der Waals surface area contributed by atoms with Crippen LogP contribution in [0.5, 0.6) is 0 Å². The van der Waals surface area contributed by atoms with Gasteiger partial charge in [0, 0.05) is 25.9 Å². The molecule has 0 bridgehead atoms. The average Bonchev–Trinajstić information content (AvgIpc) is 3.19. The topological polar surface area (TPSA) is 64.7 Å². The molecule has 0 radical (unpaired) electrons. The van der Waals surface area contributed by atoms with Crippen molar-refractivity contribution in [3.05, 3.63) is 70.3 Å². The third-order valence-electron chi connectivity index (χ3n) is 4.76. The lowest BCUT2D eigenvalue weighted by Gasteiger charge is -2.21. The number of aromatic nitrogens is 4. The Kier molecular flexibility index (Phi) is 5.84. The maximum atomic E-state index is 13.3. The number of aryl methyl sites for hydroxylation is 2. The van der Waals surface area contributed by atoms with E-state index in [0.717, 1.165) is 17.0 Å². The SMILES string of the molecule is Cc1nn([C@@H](C)CC(=O)N[C@@H](c2ccc(F)cc2)c2nccn2C)c(C)c1Cl. The third-order valence-corrected chi connectivity index (χ3v) is 5.31. The Morgan fingerprint density at radius 2 is 1.96 bits per heavy atom. The summed E-state index contributed by atoms with van der Waals surface area (Å²) >= 11 is 6.22. The summed E-state index contributed by atoms with van der Waals surface area (Å²) in [7, 11) is 1.85. The van der Waals surface area contributed by atoms with E-state index in [1.165, 1.54) is 12.1 Å². The number of amides is 1. The zero-order chi connectivity index (χ0) is 20.4. The van der Waals surface area contributed by atoms with E-state index >= 15 is 0 Å². The Labute approximate surface area is 168 Å². The van der Waals surface area contributed by atoms with Gasteiger partial charge in [-0.3, -0.25) is 9.48 Å². The number of carbonyl (C=O) groups is 1. The van der Waals surface area contributed by atoms with Crippen LogP contribution >= 0.6 is 11.6 Å². The molecule has 0 unspecified atom stereocenters. The van der Waals surface area contributed by atoms with E-state index in [4.69, 9.17) is 11.6 Å². The Balaban J connectivity index is 1.80. The van der Waals surface area contributed by atoms with Gasteiger partial charge in [-0.1, -0.05) is 23.7 Å². The summed E-state index contributed by atoms with van der Waals surface area (Å²) < 4.78 is 16.9. The fourth-order valence-corrected chi connectivity index (χ4v) is 3.38. The molecule has 2 atom stereocenters. The second-order valence-electron chi connectivity index (χ2n) is 6.93. The van der Waals surface area contributed by atoms with E-state index in [9.17, 15) is 9.18 Å². The highest BCUT2D eigenvalue weighted by Crippen LogP contribution is 2.25. The van der Waals surface area contributed by atoms with Gasteiger partial charge in [0.05, 0.1) is 22.5 Å². The highest BCUT2D eigenvalue weighted by Gasteiger charge is 2.23. The number of hydrogen-bond donors (Lipinski definition) is 1. The molecule has 3 aromatic rings. The predicted molar refractivity (Wildman–Crippen MR) is 106 cm³/mol. The van der Waals surface area contributed by atoms with Crippen molar-refractivity contribution in [1.29, 1.82) is 0 Å². The monoisotopic (exact) mass is 403 g/mol. The number of carbonyl (C=O) groups excluding carboxylic acids is 1. The molecule has 6 nitrogen and oxygen atoms in total. The van der Waals surface area contributed by atoms with Gasteiger partial charge in [-0.25, -0.2) is 9.37 Å². The smallest absolute Gasteiger partial charge is 0.222 e. The van der Waals surface area contributed by atoms with Gasteiger partial charge in [0.1, 0.15) is 17.7 Å². The van der Waals surface area contributed by atoms with Crippen LogP contribution in [0.3, 0.4) is 0 Å². The molecule has 0 aliphatic carbocycles. The molecule has 0 fully saturated rings. The molecule has 0 aliphatic rings. The predicted octanol–water partition coefficient (Wildman–Crippen LogP) is 3.88. The molecule has 2 aromatic heterocycles. The Bertz CT molecular complexity index is 979. The molecule has 3 rings (SSSR count). The first-order chi connectivity index (χ1) is 13.3. The Morgan fingerprint density at radius 3 is 2.50 bits per heavy atom. The van der Waals surface area contributed by atoms with E-state index < -0.39 is 6.04 Å². The van der Waals surface area contributed by atoms with Crippen LogP contribution in [0.1, 0.15) is 48.2 Å². The van der Waals surface area contributed by atoms with Crippen molar-refractivity contribution >= 4 is 17.5 Å². The van der Waals surface area contributed by atoms with Crippen LogP contribution in [0.15, 0.2) is 36.7 Å². The lowest BCUT2D eigenvalue weighted by molar-refractivity contribution is -0.122. The van der Waals surface area contributed by atoms with E-state index in [1.807, 2.05) is 32.4 Å². The molecule has 1 aromatic carbocycles. The van der Waals surface area contributed by atoms with Gasteiger partial charge >= 0.3 is 0 Å². The molecule has 8 heteroatoms. The molecular weight excluding hydrogens is 381 g/mol. The minimum Gasteiger partial charge on any atom is -0.342 e. The second-order valence-corrected chi connectivity index (χ2v) is 7.31. The zero-order valence-corrected chi connectivity index (χ0v) is 17.0. The van der Waals surface area contributed by atoms with Gasteiger partial charge in [-0.2, -0.15) is 5.10 Å². The molecule has 2 heterocycles. The van der Waals surface area contributed by atoms with Gasteiger partial charge in [0.2, 0.25) is 5.91 Å². The Morgan fingerprint density at radius 1 is 1.29 bits per heavy atom. The molecular formula is C20H23ClFN5O. The van der Waals surface area contributed by atoms with Gasteiger partial charge in [-0.05, 0) is 38.5 Å². The number of nitrogens with one attached hydrogen (secondary N) is 1. The van der Waals surface area contributed by atoms with Crippen LogP contribution in [0.2, 0.25) is 5.02 Å². The highest BCUT2D eigenvalue weighted by molar-refractivity contribution is 6.31. The van der Waals surface area contributed by atoms with Crippen molar-refractivity contribution in [3.63, 3.8) is 0 Å². The number of benzene rings is 1. The van der Waals surface area contributed by atoms with Crippen molar-refractivity contribution in [3.8, 4) is 0 Å². The number of imidazole rings is 1. The fourth-order valence-electron chi connectivity index (χ4n) is 3.25. The first-order valence-corrected chi connectivity index (χ1v) is 9.39. The molecule has 0 spiro atoms. The maximum Gasteiger partial charge on any atom is 0.222 e. The first-order valence-electron chi connectivity index (χ1n) is 9.01. The van der Waals surface area contributed by atoms with Crippen molar-refractivity contribution in [2.24, 2.45) is 7.05 Å². The van der Waals surface area contributed by atoms with Crippen LogP contribution in [0.25, 0.3) is 0 Å². The largest absolute Gasteiger partial charge is 0.342 e. The third kappa shape index (κ3) is 4.09. The average molecular weight is 404 g/mol. The van der Waals surface area contributed by atoms with Crippen molar-refractivity contribution in [2.75, 3.05) is 0 Å². The summed E-state index contributed by atoms with van der Waals surface area (Å²) in [6, 6.07) is 5.40. The summed E-state index contributed by atoms with van der Waals surface area (Å²) in [5.41, 5.74) is 2.33. The number of rotatable bonds is 6. The minimum atomic E-state index is -0.482. The number of halogens is 2. The normalized spacial score (nSPS) is 13.4. The van der Waals surface area contributed by atoms with Crippen LogP contribution in [0, 0.1) is 19.7 Å². The molecule has 28 heavy (non-hydrogen) atoms. The standard InChI is InChI=1S/C20H23ClFN5O/c1-12(27-14(3)18(21)13(2)25-27)11-17(28)24-19(20-23-9-10-26(20)4)15-5-7-16(22)8-6-15/h5-10,12,19H,11H2,1-4H3,(H,24,28)/t12-,19-/m0/s1. The van der Waals surface area contributed by atoms with Crippen LogP contribution in [0.4, 0.5) is 4.39 Å². The van der Waals surface area contributed by atoms with Gasteiger partial charge in [0.25, 0.3) is 0 Å². The quantitative estimate of drug-likeness (QED) is 0.679. The van der Waals surface area contributed by atoms with Crippen molar-refractivity contribution in [1.82, 2.24) is 24.6 Å². The molecule has 0 aliphatic heterocycles. The summed E-state index contributed by atoms with van der Waals surface area (Å²) in [6.45, 7) is 5.64. The first kappa shape index (κ1) is 20.1. The molecule has 1 N–H and O–H groups in total. The van der Waals surface area contributed by atoms with Gasteiger partial charge in [-0.15, -0.1) is 0 Å². The van der Waals surface area contributed by atoms with Crippen molar-refractivity contribution < 1.29 is 9.18 Å². The van der Waals surface area contributed by atoms with E-state index in [-0.39, 0.29) is 24.2 Å². The van der Waals surface area contributed by atoms with Crippen LogP contribution in [-0.2, 0) is 11.8 Å². The lowest BCUT2D eigenvalue weighted by Crippen LogP contribution is -2.32. The molecule has 0 saturated carbocycles. The molecule has 1 amide bonds. The summed E-state index contributed by atoms with van der Waals surface area (Å²) in [5, 5.41) is 8.05. The van der Waals surface area contributed by atoms with Gasteiger partial charge < -0.3 is 9.88 Å². The summed E-state index contributed by atoms with van der Waals surface area (Å²) in [4.78, 5) is 17.1. The van der Waals surface area contributed by atoms with E-state index in [1.54, 1.807) is 29.2 Å². The summed E-state index contributed by atoms with van der Waals surface area (Å²) in [5.74, 6) is 0.180. The minimum absolute atomic E-state index is 0.159. The summed E-state index contributed by atoms with van der Waals surface area (Å²) in [6.07, 6.45) is 3.69. The van der Waals surface area contributed by atoms with Crippen molar-refractivity contribution in [2.45, 2.75) is 39.3 Å². The van der Waals surface area contributed by atoms with E-state index in [0.29, 0.717) is 10.8 Å².